The Morgan fingerprint density at radius 1 is 1.11 bits per heavy atom. The zero-order valence-corrected chi connectivity index (χ0v) is 15.5. The summed E-state index contributed by atoms with van der Waals surface area (Å²) in [6.45, 7) is -0.390. The van der Waals surface area contributed by atoms with Crippen molar-refractivity contribution in [1.29, 1.82) is 0 Å². The number of benzene rings is 1. The van der Waals surface area contributed by atoms with Gasteiger partial charge in [0, 0.05) is 13.6 Å². The number of nitrogens with one attached hydrogen (secondary N) is 1. The van der Waals surface area contributed by atoms with Crippen molar-refractivity contribution in [1.82, 2.24) is 15.1 Å². The van der Waals surface area contributed by atoms with Gasteiger partial charge in [-0.1, -0.05) is 31.4 Å². The second-order valence-electron chi connectivity index (χ2n) is 7.30. The van der Waals surface area contributed by atoms with Crippen molar-refractivity contribution in [3.63, 3.8) is 0 Å². The van der Waals surface area contributed by atoms with Gasteiger partial charge in [0.2, 0.25) is 5.91 Å². The van der Waals surface area contributed by atoms with Crippen LogP contribution in [0.1, 0.15) is 43.2 Å². The standard InChI is InChI=1S/C19H22F3N3O3/c1-24-17(28)25(16(27)18(24)9-3-2-4-10-18)12-15(26)23-11-13-5-7-14(8-6-13)19(20,21)22/h5-8H,2-4,9-12H2,1H3,(H,23,26). The number of carbonyl (C=O) groups is 3. The van der Waals surface area contributed by atoms with Crippen molar-refractivity contribution in [2.45, 2.75) is 50.4 Å². The van der Waals surface area contributed by atoms with Crippen LogP contribution in [-0.2, 0) is 22.3 Å². The minimum atomic E-state index is -4.42. The van der Waals surface area contributed by atoms with E-state index in [0.717, 1.165) is 36.3 Å². The van der Waals surface area contributed by atoms with Gasteiger partial charge in [0.05, 0.1) is 5.56 Å². The molecule has 3 rings (SSSR count). The Hall–Kier alpha value is -2.58. The SMILES string of the molecule is CN1C(=O)N(CC(=O)NCc2ccc(C(F)(F)F)cc2)C(=O)C12CCCCC2. The molecule has 1 heterocycles. The third-order valence-corrected chi connectivity index (χ3v) is 5.56. The molecule has 4 amide bonds. The van der Waals surface area contributed by atoms with Gasteiger partial charge in [0.15, 0.2) is 0 Å². The van der Waals surface area contributed by atoms with Crippen LogP contribution < -0.4 is 5.32 Å². The van der Waals surface area contributed by atoms with E-state index in [0.29, 0.717) is 18.4 Å². The van der Waals surface area contributed by atoms with E-state index in [2.05, 4.69) is 5.32 Å². The van der Waals surface area contributed by atoms with E-state index in [-0.39, 0.29) is 12.5 Å². The van der Waals surface area contributed by atoms with Crippen molar-refractivity contribution in [3.8, 4) is 0 Å². The zero-order valence-electron chi connectivity index (χ0n) is 15.5. The number of urea groups is 1. The largest absolute Gasteiger partial charge is 0.416 e. The number of likely N-dealkylation sites (N-methyl/N-ethyl adjacent to an activating group) is 1. The number of hydrogen-bond donors (Lipinski definition) is 1. The summed E-state index contributed by atoms with van der Waals surface area (Å²) in [6.07, 6.45) is -0.492. The molecule has 1 saturated carbocycles. The fourth-order valence-electron chi connectivity index (χ4n) is 3.88. The lowest BCUT2D eigenvalue weighted by atomic mass is 9.81. The Morgan fingerprint density at radius 2 is 1.71 bits per heavy atom. The molecule has 1 aliphatic heterocycles. The van der Waals surface area contributed by atoms with Crippen LogP contribution in [0.4, 0.5) is 18.0 Å². The Morgan fingerprint density at radius 3 is 2.29 bits per heavy atom. The normalized spacial score (nSPS) is 19.4. The molecule has 0 radical (unpaired) electrons. The molecule has 0 aromatic heterocycles. The van der Waals surface area contributed by atoms with Crippen LogP contribution in [0.15, 0.2) is 24.3 Å². The van der Waals surface area contributed by atoms with E-state index in [9.17, 15) is 27.6 Å². The molecule has 2 aliphatic rings. The molecule has 152 valence electrons. The molecule has 1 aromatic rings. The maximum atomic E-state index is 12.8. The van der Waals surface area contributed by atoms with Gasteiger partial charge in [-0.3, -0.25) is 14.5 Å². The average molecular weight is 397 g/mol. The first-order chi connectivity index (χ1) is 13.1. The summed E-state index contributed by atoms with van der Waals surface area (Å²) >= 11 is 0. The van der Waals surface area contributed by atoms with E-state index < -0.39 is 35.8 Å². The minimum Gasteiger partial charge on any atom is -0.350 e. The highest BCUT2D eigenvalue weighted by atomic mass is 19.4. The molecule has 0 atom stereocenters. The molecule has 1 aromatic carbocycles. The molecule has 2 fully saturated rings. The first-order valence-electron chi connectivity index (χ1n) is 9.18. The number of rotatable bonds is 4. The quantitative estimate of drug-likeness (QED) is 0.795. The molecule has 9 heteroatoms. The van der Waals surface area contributed by atoms with Gasteiger partial charge in [-0.25, -0.2) is 4.79 Å². The highest BCUT2D eigenvalue weighted by molar-refractivity contribution is 6.08. The second kappa shape index (κ2) is 7.44. The second-order valence-corrected chi connectivity index (χ2v) is 7.30. The van der Waals surface area contributed by atoms with Crippen LogP contribution >= 0.6 is 0 Å². The Balaban J connectivity index is 1.59. The van der Waals surface area contributed by atoms with E-state index in [4.69, 9.17) is 0 Å². The van der Waals surface area contributed by atoms with Gasteiger partial charge in [-0.05, 0) is 30.5 Å². The molecule has 6 nitrogen and oxygen atoms in total. The lowest BCUT2D eigenvalue weighted by Gasteiger charge is -2.35. The summed E-state index contributed by atoms with van der Waals surface area (Å²) in [4.78, 5) is 39.9. The maximum Gasteiger partial charge on any atom is 0.416 e. The smallest absolute Gasteiger partial charge is 0.350 e. The van der Waals surface area contributed by atoms with E-state index in [1.165, 1.54) is 17.0 Å². The number of alkyl halides is 3. The van der Waals surface area contributed by atoms with Crippen molar-refractivity contribution >= 4 is 17.8 Å². The molecular formula is C19H22F3N3O3. The van der Waals surface area contributed by atoms with Crippen LogP contribution in [0.5, 0.6) is 0 Å². The van der Waals surface area contributed by atoms with Crippen molar-refractivity contribution < 1.29 is 27.6 Å². The number of hydrogen-bond acceptors (Lipinski definition) is 3. The topological polar surface area (TPSA) is 69.7 Å². The van der Waals surface area contributed by atoms with E-state index in [1.54, 1.807) is 7.05 Å². The molecule has 1 N–H and O–H groups in total. The first-order valence-corrected chi connectivity index (χ1v) is 9.18. The van der Waals surface area contributed by atoms with Gasteiger partial charge in [0.25, 0.3) is 5.91 Å². The number of imide groups is 1. The fourth-order valence-corrected chi connectivity index (χ4v) is 3.88. The van der Waals surface area contributed by atoms with Gasteiger partial charge in [-0.15, -0.1) is 0 Å². The minimum absolute atomic E-state index is 0.00811. The Labute approximate surface area is 160 Å². The maximum absolute atomic E-state index is 12.8. The van der Waals surface area contributed by atoms with E-state index >= 15 is 0 Å². The fraction of sp³-hybridized carbons (Fsp3) is 0.526. The first kappa shape index (κ1) is 20.2. The van der Waals surface area contributed by atoms with Crippen molar-refractivity contribution in [2.24, 2.45) is 0 Å². The van der Waals surface area contributed by atoms with Crippen molar-refractivity contribution in [2.75, 3.05) is 13.6 Å². The summed E-state index contributed by atoms with van der Waals surface area (Å²) in [7, 11) is 1.59. The zero-order chi connectivity index (χ0) is 20.5. The highest BCUT2D eigenvalue weighted by Gasteiger charge is 2.55. The van der Waals surface area contributed by atoms with Crippen molar-refractivity contribution in [3.05, 3.63) is 35.4 Å². The molecule has 28 heavy (non-hydrogen) atoms. The third-order valence-electron chi connectivity index (χ3n) is 5.56. The van der Waals surface area contributed by atoms with Gasteiger partial charge in [-0.2, -0.15) is 13.2 Å². The lowest BCUT2D eigenvalue weighted by molar-refractivity contribution is -0.137. The summed E-state index contributed by atoms with van der Waals surface area (Å²) in [5.41, 5.74) is -1.12. The van der Waals surface area contributed by atoms with Crippen LogP contribution in [-0.4, -0.2) is 46.8 Å². The lowest BCUT2D eigenvalue weighted by Crippen LogP contribution is -2.49. The number of halogens is 3. The molecule has 1 spiro atoms. The van der Waals surface area contributed by atoms with Gasteiger partial charge < -0.3 is 10.2 Å². The summed E-state index contributed by atoms with van der Waals surface area (Å²) in [5.74, 6) is -0.882. The number of amides is 4. The molecule has 0 unspecified atom stereocenters. The number of carbonyl (C=O) groups excluding carboxylic acids is 3. The van der Waals surface area contributed by atoms with Crippen LogP contribution in [0, 0.1) is 0 Å². The summed E-state index contributed by atoms with van der Waals surface area (Å²) in [6, 6.07) is 3.95. The van der Waals surface area contributed by atoms with E-state index in [1.807, 2.05) is 0 Å². The molecular weight excluding hydrogens is 375 g/mol. The molecule has 1 aliphatic carbocycles. The monoisotopic (exact) mass is 397 g/mol. The van der Waals surface area contributed by atoms with Crippen LogP contribution in [0.2, 0.25) is 0 Å². The molecule has 0 bridgehead atoms. The average Bonchev–Trinajstić information content (AvgIpc) is 2.83. The van der Waals surface area contributed by atoms with Gasteiger partial charge >= 0.3 is 12.2 Å². The predicted molar refractivity (Wildman–Crippen MR) is 94.0 cm³/mol. The summed E-state index contributed by atoms with van der Waals surface area (Å²) in [5, 5.41) is 2.55. The Bertz CT molecular complexity index is 771. The van der Waals surface area contributed by atoms with Crippen LogP contribution in [0.3, 0.4) is 0 Å². The highest BCUT2D eigenvalue weighted by Crippen LogP contribution is 2.39. The molecule has 1 saturated heterocycles. The number of nitrogens with zero attached hydrogens (tertiary/aromatic N) is 2. The third kappa shape index (κ3) is 3.70. The van der Waals surface area contributed by atoms with Crippen LogP contribution in [0.25, 0.3) is 0 Å². The Kier molecular flexibility index (Phi) is 5.36. The van der Waals surface area contributed by atoms with Gasteiger partial charge in [0.1, 0.15) is 12.1 Å². The predicted octanol–water partition coefficient (Wildman–Crippen LogP) is 2.92. The summed E-state index contributed by atoms with van der Waals surface area (Å²) < 4.78 is 37.7.